The van der Waals surface area contributed by atoms with E-state index >= 15 is 0 Å². The summed E-state index contributed by atoms with van der Waals surface area (Å²) in [5, 5.41) is 21.4. The lowest BCUT2D eigenvalue weighted by atomic mass is 9.86. The summed E-state index contributed by atoms with van der Waals surface area (Å²) >= 11 is 0. The van der Waals surface area contributed by atoms with Crippen LogP contribution in [0.2, 0.25) is 0 Å². The third-order valence-electron chi connectivity index (χ3n) is 3.07. The van der Waals surface area contributed by atoms with Gasteiger partial charge in [0.25, 0.3) is 9.76 Å². The van der Waals surface area contributed by atoms with Gasteiger partial charge in [0.15, 0.2) is 0 Å². The zero-order chi connectivity index (χ0) is 13.5. The average molecular weight is 260 g/mol. The molecule has 2 rings (SSSR count). The van der Waals surface area contributed by atoms with E-state index in [1.54, 1.807) is 6.07 Å². The minimum atomic E-state index is -0.626. The van der Waals surface area contributed by atoms with Crippen molar-refractivity contribution in [1.29, 1.82) is 0 Å². The van der Waals surface area contributed by atoms with Crippen LogP contribution in [0.5, 0.6) is 11.5 Å². The molecule has 94 valence electrons. The molecule has 0 saturated carbocycles. The van der Waals surface area contributed by atoms with E-state index in [4.69, 9.17) is 0 Å². The van der Waals surface area contributed by atoms with Crippen LogP contribution < -0.4 is 5.19 Å². The van der Waals surface area contributed by atoms with Crippen molar-refractivity contribution in [2.75, 3.05) is 0 Å². The van der Waals surface area contributed by atoms with E-state index in [9.17, 15) is 15.0 Å². The number of phenolic OH excluding ortho intramolecular Hbond substituents is 2. The first-order valence-corrected chi connectivity index (χ1v) is 6.68. The highest BCUT2D eigenvalue weighted by Gasteiger charge is 2.17. The molecule has 0 spiro atoms. The van der Waals surface area contributed by atoms with Gasteiger partial charge in [-0.3, -0.25) is 0 Å². The van der Waals surface area contributed by atoms with Crippen LogP contribution in [0.1, 0.15) is 26.3 Å². The molecule has 0 atom stereocenters. The number of fused-ring (bicyclic) bond motifs is 1. The van der Waals surface area contributed by atoms with Gasteiger partial charge in [-0.05, 0) is 28.5 Å². The van der Waals surface area contributed by atoms with Crippen LogP contribution in [-0.4, -0.2) is 24.8 Å². The highest BCUT2D eigenvalue weighted by atomic mass is 28.2. The third kappa shape index (κ3) is 2.09. The molecule has 0 heterocycles. The fourth-order valence-electron chi connectivity index (χ4n) is 1.94. The van der Waals surface area contributed by atoms with E-state index in [2.05, 4.69) is 20.8 Å². The maximum absolute atomic E-state index is 10.1. The Hall–Kier alpha value is -1.52. The lowest BCUT2D eigenvalue weighted by Gasteiger charge is -2.20. The maximum Gasteiger partial charge on any atom is 0.273 e. The number of aromatic hydroxyl groups is 2. The Bertz CT molecular complexity index is 600. The van der Waals surface area contributed by atoms with E-state index in [1.165, 1.54) is 0 Å². The van der Waals surface area contributed by atoms with Crippen LogP contribution in [0, 0.1) is 0 Å². The maximum atomic E-state index is 10.1. The van der Waals surface area contributed by atoms with Crippen LogP contribution in [0.25, 0.3) is 10.8 Å². The Labute approximate surface area is 109 Å². The normalized spacial score (nSPS) is 12.0. The lowest BCUT2D eigenvalue weighted by molar-refractivity contribution is 0.460. The first kappa shape index (κ1) is 12.9. The molecule has 4 heteroatoms. The summed E-state index contributed by atoms with van der Waals surface area (Å²) in [7, 11) is -0.626. The number of phenols is 2. The smallest absolute Gasteiger partial charge is 0.273 e. The largest absolute Gasteiger partial charge is 0.508 e. The van der Waals surface area contributed by atoms with Crippen molar-refractivity contribution in [2.24, 2.45) is 0 Å². The Morgan fingerprint density at radius 2 is 1.72 bits per heavy atom. The van der Waals surface area contributed by atoms with Crippen LogP contribution in [0.4, 0.5) is 0 Å². The van der Waals surface area contributed by atoms with Gasteiger partial charge in [0, 0.05) is 5.39 Å². The molecule has 2 aromatic carbocycles. The molecule has 0 unspecified atom stereocenters. The minimum absolute atomic E-state index is 0.0137. The van der Waals surface area contributed by atoms with Crippen molar-refractivity contribution in [2.45, 2.75) is 26.2 Å². The van der Waals surface area contributed by atoms with Gasteiger partial charge in [0.1, 0.15) is 11.5 Å². The Morgan fingerprint density at radius 1 is 1.06 bits per heavy atom. The first-order chi connectivity index (χ1) is 8.34. The molecule has 2 aromatic rings. The van der Waals surface area contributed by atoms with Gasteiger partial charge in [-0.25, -0.2) is 0 Å². The zero-order valence-electron chi connectivity index (χ0n) is 10.7. The molecule has 0 aromatic heterocycles. The Balaban J connectivity index is 2.76. The highest BCUT2D eigenvalue weighted by Crippen LogP contribution is 2.32. The minimum Gasteiger partial charge on any atom is -0.508 e. The number of benzene rings is 2. The predicted octanol–water partition coefficient (Wildman–Crippen LogP) is 1.79. The van der Waals surface area contributed by atoms with Gasteiger partial charge >= 0.3 is 0 Å². The average Bonchev–Trinajstić information content (AvgIpc) is 2.27. The van der Waals surface area contributed by atoms with Gasteiger partial charge < -0.3 is 15.0 Å². The number of hydrogen-bond acceptors (Lipinski definition) is 3. The molecular formula is C14H16O3Si. The lowest BCUT2D eigenvalue weighted by Crippen LogP contribution is -2.15. The molecule has 0 saturated heterocycles. The van der Waals surface area contributed by atoms with Crippen molar-refractivity contribution in [1.82, 2.24) is 0 Å². The molecule has 0 aliphatic carbocycles. The molecule has 3 nitrogen and oxygen atoms in total. The monoisotopic (exact) mass is 260 g/mol. The van der Waals surface area contributed by atoms with E-state index in [0.717, 1.165) is 10.9 Å². The molecule has 3 N–H and O–H groups in total. The summed E-state index contributed by atoms with van der Waals surface area (Å²) in [4.78, 5) is 9.20. The zero-order valence-corrected chi connectivity index (χ0v) is 11.7. The second kappa shape index (κ2) is 4.30. The molecule has 0 amide bonds. The second-order valence-electron chi connectivity index (χ2n) is 5.42. The van der Waals surface area contributed by atoms with Crippen molar-refractivity contribution in [3.05, 3.63) is 29.8 Å². The predicted molar refractivity (Wildman–Crippen MR) is 73.6 cm³/mol. The van der Waals surface area contributed by atoms with E-state index in [-0.39, 0.29) is 22.1 Å². The molecule has 0 aliphatic heterocycles. The first-order valence-electron chi connectivity index (χ1n) is 5.74. The van der Waals surface area contributed by atoms with Gasteiger partial charge in [-0.2, -0.15) is 0 Å². The second-order valence-corrected chi connectivity index (χ2v) is 6.14. The van der Waals surface area contributed by atoms with Gasteiger partial charge in [0.2, 0.25) is 0 Å². The Morgan fingerprint density at radius 3 is 2.28 bits per heavy atom. The third-order valence-corrected chi connectivity index (χ3v) is 3.79. The van der Waals surface area contributed by atoms with Crippen molar-refractivity contribution < 1.29 is 15.0 Å². The van der Waals surface area contributed by atoms with Crippen LogP contribution in [-0.2, 0) is 5.41 Å². The molecular weight excluding hydrogens is 244 g/mol. The van der Waals surface area contributed by atoms with Gasteiger partial charge in [-0.1, -0.05) is 32.9 Å². The highest BCUT2D eigenvalue weighted by molar-refractivity contribution is 6.49. The summed E-state index contributed by atoms with van der Waals surface area (Å²) in [5.41, 5.74) is 1.09. The fraction of sp³-hybridized carbons (Fsp3) is 0.286. The molecule has 2 radical (unpaired) electrons. The number of hydrogen-bond donors (Lipinski definition) is 3. The SMILES string of the molecule is CC(C)(C)c1ccc2cc(O)c([Si]O)c(O)c2c1. The summed E-state index contributed by atoms with van der Waals surface area (Å²) in [6.45, 7) is 6.29. The van der Waals surface area contributed by atoms with Crippen molar-refractivity contribution in [3.8, 4) is 11.5 Å². The van der Waals surface area contributed by atoms with E-state index in [0.29, 0.717) is 5.39 Å². The summed E-state index contributed by atoms with van der Waals surface area (Å²) in [6.07, 6.45) is 0. The van der Waals surface area contributed by atoms with Crippen LogP contribution in [0.3, 0.4) is 0 Å². The Kier molecular flexibility index (Phi) is 3.08. The summed E-state index contributed by atoms with van der Waals surface area (Å²) < 4.78 is 0. The van der Waals surface area contributed by atoms with E-state index < -0.39 is 9.76 Å². The van der Waals surface area contributed by atoms with Gasteiger partial charge in [0.05, 0.1) is 5.19 Å². The topological polar surface area (TPSA) is 60.7 Å². The van der Waals surface area contributed by atoms with Gasteiger partial charge in [-0.15, -0.1) is 0 Å². The molecule has 18 heavy (non-hydrogen) atoms. The van der Waals surface area contributed by atoms with E-state index in [1.807, 2.05) is 18.2 Å². The summed E-state index contributed by atoms with van der Waals surface area (Å²) in [6, 6.07) is 7.34. The fourth-order valence-corrected chi connectivity index (χ4v) is 2.37. The quantitative estimate of drug-likeness (QED) is 0.685. The molecule has 0 aliphatic rings. The molecule has 0 fully saturated rings. The summed E-state index contributed by atoms with van der Waals surface area (Å²) in [5.74, 6) is -0.0960. The van der Waals surface area contributed by atoms with Crippen LogP contribution >= 0.6 is 0 Å². The van der Waals surface area contributed by atoms with Crippen molar-refractivity contribution >= 4 is 25.7 Å². The standard InChI is InChI=1S/C14H16O3Si/c1-14(2,3)9-5-4-8-6-11(15)13(18-17)12(16)10(8)7-9/h4-7,15-17H,1-3H3. The number of rotatable bonds is 1. The molecule has 0 bridgehead atoms. The van der Waals surface area contributed by atoms with Crippen LogP contribution in [0.15, 0.2) is 24.3 Å². The van der Waals surface area contributed by atoms with Crippen molar-refractivity contribution in [3.63, 3.8) is 0 Å².